The molecule has 0 unspecified atom stereocenters. The zero-order chi connectivity index (χ0) is 17.3. The number of halogens is 1. The van der Waals surface area contributed by atoms with Gasteiger partial charge in [-0.3, -0.25) is 9.89 Å². The van der Waals surface area contributed by atoms with E-state index in [0.29, 0.717) is 10.7 Å². The Morgan fingerprint density at radius 3 is 2.46 bits per heavy atom. The molecular formula is C18H22ClN3O2. The van der Waals surface area contributed by atoms with E-state index in [1.54, 1.807) is 0 Å². The summed E-state index contributed by atoms with van der Waals surface area (Å²) in [7, 11) is 0. The summed E-state index contributed by atoms with van der Waals surface area (Å²) >= 11 is 6.33. The maximum absolute atomic E-state index is 12.5. The summed E-state index contributed by atoms with van der Waals surface area (Å²) in [5.74, 6) is 0.731. The first-order chi connectivity index (χ1) is 11.3. The van der Waals surface area contributed by atoms with Crippen molar-refractivity contribution in [3.8, 4) is 5.75 Å². The number of hydrogen-bond donors (Lipinski definition) is 2. The molecule has 2 N–H and O–H groups in total. The molecule has 0 amide bonds. The highest BCUT2D eigenvalue weighted by molar-refractivity contribution is 6.34. The number of H-pyrrole nitrogens is 1. The van der Waals surface area contributed by atoms with Gasteiger partial charge < -0.3 is 10.1 Å². The molecule has 2 heterocycles. The highest BCUT2D eigenvalue weighted by Crippen LogP contribution is 2.30. The van der Waals surface area contributed by atoms with Gasteiger partial charge in [-0.1, -0.05) is 44.5 Å². The lowest BCUT2D eigenvalue weighted by Gasteiger charge is -2.27. The summed E-state index contributed by atoms with van der Waals surface area (Å²) in [6, 6.07) is 7.61. The van der Waals surface area contributed by atoms with Gasteiger partial charge in [0.1, 0.15) is 17.5 Å². The van der Waals surface area contributed by atoms with E-state index in [2.05, 4.69) is 15.5 Å². The Morgan fingerprint density at radius 2 is 1.96 bits per heavy atom. The van der Waals surface area contributed by atoms with Crippen molar-refractivity contribution in [1.82, 2.24) is 15.5 Å². The molecule has 0 atom stereocenters. The number of Topliss-reactive ketones (excluding diaryl/α,β-unsaturated/α-hetero) is 1. The van der Waals surface area contributed by atoms with Gasteiger partial charge in [0.05, 0.1) is 10.7 Å². The Hall–Kier alpha value is -1.85. The van der Waals surface area contributed by atoms with Crippen molar-refractivity contribution in [3.63, 3.8) is 0 Å². The summed E-state index contributed by atoms with van der Waals surface area (Å²) in [6.45, 7) is 7.84. The molecule has 3 rings (SSSR count). The third-order valence-corrected chi connectivity index (χ3v) is 4.42. The molecule has 0 spiro atoms. The monoisotopic (exact) mass is 347 g/mol. The smallest absolute Gasteiger partial charge is 0.188 e. The van der Waals surface area contributed by atoms with Gasteiger partial charge in [0.15, 0.2) is 5.78 Å². The van der Waals surface area contributed by atoms with E-state index in [1.807, 2.05) is 45.0 Å². The minimum absolute atomic E-state index is 0.0939. The predicted octanol–water partition coefficient (Wildman–Crippen LogP) is 3.14. The van der Waals surface area contributed by atoms with Crippen molar-refractivity contribution in [2.45, 2.75) is 38.7 Å². The standard InChI is InChI=1S/C18H22ClN3O2/c1-18(2,3)17-15(19)16(21-22-17)14(23)8-11-4-6-12(7-5-11)24-13-9-20-10-13/h4-7,13,20H,8-10H2,1-3H3,(H,21,22). The second kappa shape index (κ2) is 6.57. The quantitative estimate of drug-likeness (QED) is 0.815. The summed E-state index contributed by atoms with van der Waals surface area (Å²) in [5.41, 5.74) is 1.82. The van der Waals surface area contributed by atoms with Gasteiger partial charge in [-0.2, -0.15) is 5.10 Å². The molecule has 24 heavy (non-hydrogen) atoms. The second-order valence-corrected chi connectivity index (χ2v) is 7.53. The van der Waals surface area contributed by atoms with Crippen molar-refractivity contribution in [2.75, 3.05) is 13.1 Å². The first kappa shape index (κ1) is 17.0. The third kappa shape index (κ3) is 3.62. The Morgan fingerprint density at radius 1 is 1.29 bits per heavy atom. The number of aromatic amines is 1. The Balaban J connectivity index is 1.67. The first-order valence-electron chi connectivity index (χ1n) is 8.08. The molecule has 1 aliphatic rings. The van der Waals surface area contributed by atoms with E-state index in [0.717, 1.165) is 30.1 Å². The maximum atomic E-state index is 12.5. The van der Waals surface area contributed by atoms with E-state index in [-0.39, 0.29) is 23.7 Å². The lowest BCUT2D eigenvalue weighted by atomic mass is 9.92. The number of rotatable bonds is 5. The molecule has 0 saturated carbocycles. The summed E-state index contributed by atoms with van der Waals surface area (Å²) < 4.78 is 5.77. The Kier molecular flexibility index (Phi) is 4.65. The van der Waals surface area contributed by atoms with Gasteiger partial charge in [0.2, 0.25) is 0 Å². The lowest BCUT2D eigenvalue weighted by molar-refractivity contribution is 0.0988. The van der Waals surface area contributed by atoms with Gasteiger partial charge in [-0.15, -0.1) is 0 Å². The second-order valence-electron chi connectivity index (χ2n) is 7.15. The fourth-order valence-electron chi connectivity index (χ4n) is 2.50. The van der Waals surface area contributed by atoms with Crippen LogP contribution in [0.3, 0.4) is 0 Å². The molecular weight excluding hydrogens is 326 g/mol. The van der Waals surface area contributed by atoms with Crippen molar-refractivity contribution in [2.24, 2.45) is 0 Å². The highest BCUT2D eigenvalue weighted by Gasteiger charge is 2.25. The molecule has 1 fully saturated rings. The van der Waals surface area contributed by atoms with Crippen LogP contribution in [0.15, 0.2) is 24.3 Å². The average molecular weight is 348 g/mol. The molecule has 2 aromatic rings. The number of benzene rings is 1. The van der Waals surface area contributed by atoms with E-state index < -0.39 is 0 Å². The van der Waals surface area contributed by atoms with Crippen molar-refractivity contribution in [3.05, 3.63) is 46.2 Å². The largest absolute Gasteiger partial charge is 0.488 e. The van der Waals surface area contributed by atoms with Crippen molar-refractivity contribution in [1.29, 1.82) is 0 Å². The van der Waals surface area contributed by atoms with Crippen LogP contribution in [-0.2, 0) is 11.8 Å². The molecule has 1 aromatic heterocycles. The number of carbonyl (C=O) groups is 1. The molecule has 0 bridgehead atoms. The van der Waals surface area contributed by atoms with Gasteiger partial charge in [0, 0.05) is 24.9 Å². The molecule has 0 aliphatic carbocycles. The van der Waals surface area contributed by atoms with Crippen molar-refractivity contribution < 1.29 is 9.53 Å². The van der Waals surface area contributed by atoms with E-state index in [1.165, 1.54) is 0 Å². The Labute approximate surface area is 146 Å². The van der Waals surface area contributed by atoms with Crippen LogP contribution in [0.4, 0.5) is 0 Å². The fourth-order valence-corrected chi connectivity index (χ4v) is 2.98. The van der Waals surface area contributed by atoms with Crippen LogP contribution >= 0.6 is 11.6 Å². The van der Waals surface area contributed by atoms with E-state index in [4.69, 9.17) is 16.3 Å². The zero-order valence-electron chi connectivity index (χ0n) is 14.1. The molecule has 1 saturated heterocycles. The minimum Gasteiger partial charge on any atom is -0.488 e. The van der Waals surface area contributed by atoms with Gasteiger partial charge in [-0.05, 0) is 17.7 Å². The number of ether oxygens (including phenoxy) is 1. The van der Waals surface area contributed by atoms with Crippen LogP contribution in [0.1, 0.15) is 42.5 Å². The average Bonchev–Trinajstić information content (AvgIpc) is 2.86. The van der Waals surface area contributed by atoms with E-state index >= 15 is 0 Å². The van der Waals surface area contributed by atoms with Gasteiger partial charge >= 0.3 is 0 Å². The lowest BCUT2D eigenvalue weighted by Crippen LogP contribution is -2.50. The van der Waals surface area contributed by atoms with E-state index in [9.17, 15) is 4.79 Å². The minimum atomic E-state index is -0.183. The molecule has 0 radical (unpaired) electrons. The maximum Gasteiger partial charge on any atom is 0.188 e. The van der Waals surface area contributed by atoms with Crippen LogP contribution in [0.2, 0.25) is 5.02 Å². The van der Waals surface area contributed by atoms with Crippen LogP contribution < -0.4 is 10.1 Å². The number of aromatic nitrogens is 2. The molecule has 6 heteroatoms. The predicted molar refractivity (Wildman–Crippen MR) is 94.1 cm³/mol. The van der Waals surface area contributed by atoms with Crippen LogP contribution in [0.5, 0.6) is 5.75 Å². The van der Waals surface area contributed by atoms with Crippen LogP contribution in [0.25, 0.3) is 0 Å². The SMILES string of the molecule is CC(C)(C)c1[nH]nc(C(=O)Cc2ccc(OC3CNC3)cc2)c1Cl. The first-order valence-corrected chi connectivity index (χ1v) is 8.46. The summed E-state index contributed by atoms with van der Waals surface area (Å²) in [6.07, 6.45) is 0.510. The number of carbonyl (C=O) groups excluding carboxylic acids is 1. The summed E-state index contributed by atoms with van der Waals surface area (Å²) in [5, 5.41) is 10.6. The topological polar surface area (TPSA) is 67.0 Å². The highest BCUT2D eigenvalue weighted by atomic mass is 35.5. The summed E-state index contributed by atoms with van der Waals surface area (Å²) in [4.78, 5) is 12.5. The Bertz CT molecular complexity index is 728. The zero-order valence-corrected chi connectivity index (χ0v) is 14.9. The molecule has 1 aliphatic heterocycles. The molecule has 5 nitrogen and oxygen atoms in total. The normalized spacial score (nSPS) is 15.2. The number of nitrogens with zero attached hydrogens (tertiary/aromatic N) is 1. The number of ketones is 1. The van der Waals surface area contributed by atoms with Gasteiger partial charge in [-0.25, -0.2) is 0 Å². The fraction of sp³-hybridized carbons (Fsp3) is 0.444. The van der Waals surface area contributed by atoms with Crippen molar-refractivity contribution >= 4 is 17.4 Å². The molecule has 128 valence electrons. The van der Waals surface area contributed by atoms with Crippen LogP contribution in [0, 0.1) is 0 Å². The van der Waals surface area contributed by atoms with Gasteiger partial charge in [0.25, 0.3) is 0 Å². The molecule has 1 aromatic carbocycles. The third-order valence-electron chi connectivity index (χ3n) is 4.06. The van der Waals surface area contributed by atoms with Crippen LogP contribution in [-0.4, -0.2) is 35.2 Å². The number of nitrogens with one attached hydrogen (secondary N) is 2. The number of hydrogen-bond acceptors (Lipinski definition) is 4.